The van der Waals surface area contributed by atoms with E-state index in [1.54, 1.807) is 6.08 Å². The Morgan fingerprint density at radius 2 is 1.62 bits per heavy atom. The maximum Gasteiger partial charge on any atom is 0.239 e. The van der Waals surface area contributed by atoms with Crippen molar-refractivity contribution in [1.82, 2.24) is 9.88 Å². The quantitative estimate of drug-likeness (QED) is 0.0385. The topological polar surface area (TPSA) is 123 Å². The fourth-order valence-electron chi connectivity index (χ4n) is 10.8. The highest BCUT2D eigenvalue weighted by atomic mass is 16.7. The number of hydrogen-bond acceptors (Lipinski definition) is 9. The van der Waals surface area contributed by atoms with E-state index < -0.39 is 11.8 Å². The van der Waals surface area contributed by atoms with Crippen LogP contribution in [0.1, 0.15) is 158 Å². The first kappa shape index (κ1) is 50.9. The normalized spacial score (nSPS) is 22.5. The number of hydrogen-bond donors (Lipinski definition) is 2. The lowest BCUT2D eigenvalue weighted by atomic mass is 9.55. The van der Waals surface area contributed by atoms with E-state index in [1.807, 2.05) is 67.6 Å². The molecule has 2 aliphatic carbocycles. The Kier molecular flexibility index (Phi) is 20.6. The second-order valence-corrected chi connectivity index (χ2v) is 18.8. The summed E-state index contributed by atoms with van der Waals surface area (Å²) in [7, 11) is 0. The number of pyridine rings is 1. The number of nitrogens with zero attached hydrogens (tertiary/aromatic N) is 3. The monoisotopic (exact) mass is 906 g/mol. The molecule has 1 fully saturated rings. The number of unbranched alkanes of at least 4 members (excludes halogenated alkanes) is 10. The molecule has 0 radical (unpaired) electrons. The molecule has 6 atom stereocenters. The number of oxime groups is 1. The third kappa shape index (κ3) is 13.3. The number of aliphatic hydroxyl groups is 2. The fourth-order valence-corrected chi connectivity index (χ4v) is 10.8. The minimum Gasteiger partial charge on any atom is -0.487 e. The Morgan fingerprint density at radius 3 is 2.33 bits per heavy atom. The smallest absolute Gasteiger partial charge is 0.239 e. The van der Waals surface area contributed by atoms with Gasteiger partial charge in [-0.1, -0.05) is 132 Å². The first-order chi connectivity index (χ1) is 32.4. The molecule has 2 N–H and O–H groups in total. The van der Waals surface area contributed by atoms with E-state index in [1.165, 1.54) is 38.5 Å². The van der Waals surface area contributed by atoms with Gasteiger partial charge in [-0.3, -0.25) is 9.78 Å². The summed E-state index contributed by atoms with van der Waals surface area (Å²) in [6.07, 6.45) is 21.3. The van der Waals surface area contributed by atoms with Gasteiger partial charge >= 0.3 is 0 Å². The van der Waals surface area contributed by atoms with Crippen LogP contribution in [0.3, 0.4) is 0 Å². The van der Waals surface area contributed by atoms with Crippen molar-refractivity contribution >= 4 is 11.6 Å². The van der Waals surface area contributed by atoms with Crippen LogP contribution in [0.5, 0.6) is 11.5 Å². The Bertz CT molecular complexity index is 2000. The second kappa shape index (κ2) is 26.7. The van der Waals surface area contributed by atoms with Crippen LogP contribution < -0.4 is 9.47 Å². The molecular formula is C56H79N3O7. The van der Waals surface area contributed by atoms with Crippen molar-refractivity contribution in [2.75, 3.05) is 26.4 Å². The van der Waals surface area contributed by atoms with Crippen LogP contribution in [0.2, 0.25) is 0 Å². The van der Waals surface area contributed by atoms with Gasteiger partial charge in [0.05, 0.1) is 23.9 Å². The number of allylic oxidation sites excluding steroid dienone is 1. The molecule has 0 unspecified atom stereocenters. The maximum absolute atomic E-state index is 14.9. The van der Waals surface area contributed by atoms with Crippen LogP contribution >= 0.6 is 0 Å². The second-order valence-electron chi connectivity index (χ2n) is 18.8. The van der Waals surface area contributed by atoms with Crippen molar-refractivity contribution < 1.29 is 34.1 Å². The van der Waals surface area contributed by atoms with E-state index >= 15 is 0 Å². The molecule has 10 nitrogen and oxygen atoms in total. The van der Waals surface area contributed by atoms with Crippen molar-refractivity contribution in [3.8, 4) is 11.5 Å². The molecule has 66 heavy (non-hydrogen) atoms. The number of carbonyl (C=O) groups is 1. The molecule has 1 amide bonds. The third-order valence-corrected chi connectivity index (χ3v) is 13.9. The number of benzene rings is 2. The lowest BCUT2D eigenvalue weighted by molar-refractivity contribution is -0.257. The number of aryl methyl sites for hydroxylation is 1. The van der Waals surface area contributed by atoms with E-state index in [9.17, 15) is 15.0 Å². The molecule has 1 aromatic heterocycles. The Morgan fingerprint density at radius 1 is 0.879 bits per heavy atom. The summed E-state index contributed by atoms with van der Waals surface area (Å²) >= 11 is 0. The van der Waals surface area contributed by atoms with E-state index in [-0.39, 0.29) is 49.4 Å². The molecule has 0 bridgehead atoms. The summed E-state index contributed by atoms with van der Waals surface area (Å²) in [5, 5.41) is 25.0. The molecule has 0 spiro atoms. The van der Waals surface area contributed by atoms with Crippen LogP contribution in [0.4, 0.5) is 0 Å². The van der Waals surface area contributed by atoms with Gasteiger partial charge in [0.1, 0.15) is 30.8 Å². The summed E-state index contributed by atoms with van der Waals surface area (Å²) in [5.74, 6) is 0.0232. The standard InChI is InChI=1S/C56H79N3O7/c1-5-8-9-10-11-12-13-14-18-30-53(62)59(33-6-2)52-39-50(58-65-40-43-25-16-15-17-26-43)48-37-44(27-19-21-34-60)47(29-20-22-35-61)54-49-38-46(63-41-45-28-23-24-42(4)57-45)31-32-51(49)66-56(52,55(48)54)64-36-7-3/h7,15-17,23-26,28,31-32,37-38,44,47,52,54-55,60-61H,3,5-6,8-14,18-22,27,29-30,33-36,39-41H2,1-2,4H3/t44-,47+,52-,54+,55+,56+/m0/s1. The van der Waals surface area contributed by atoms with Gasteiger partial charge in [0.25, 0.3) is 0 Å². The first-order valence-corrected chi connectivity index (χ1v) is 25.5. The summed E-state index contributed by atoms with van der Waals surface area (Å²) in [6, 6.07) is 21.7. The predicted octanol–water partition coefficient (Wildman–Crippen LogP) is 12.0. The molecule has 2 heterocycles. The lowest BCUT2D eigenvalue weighted by Gasteiger charge is -2.60. The number of aromatic nitrogens is 1. The molecule has 360 valence electrons. The van der Waals surface area contributed by atoms with Crippen molar-refractivity contribution in [3.05, 3.63) is 114 Å². The Labute approximate surface area is 395 Å². The summed E-state index contributed by atoms with van der Waals surface area (Å²) < 4.78 is 21.2. The van der Waals surface area contributed by atoms with Crippen LogP contribution in [-0.4, -0.2) is 69.9 Å². The zero-order chi connectivity index (χ0) is 46.6. The maximum atomic E-state index is 14.9. The van der Waals surface area contributed by atoms with E-state index in [2.05, 4.69) is 42.5 Å². The molecule has 1 aliphatic heterocycles. The summed E-state index contributed by atoms with van der Waals surface area (Å²) in [4.78, 5) is 27.9. The van der Waals surface area contributed by atoms with Gasteiger partial charge < -0.3 is 34.2 Å². The molecule has 1 saturated carbocycles. The van der Waals surface area contributed by atoms with Gasteiger partial charge in [0.15, 0.2) is 0 Å². The molecule has 10 heteroatoms. The molecule has 6 rings (SSSR count). The average molecular weight is 906 g/mol. The molecule has 2 aromatic carbocycles. The summed E-state index contributed by atoms with van der Waals surface area (Å²) in [5.41, 5.74) is 5.69. The van der Waals surface area contributed by atoms with Gasteiger partial charge in [-0.2, -0.15) is 0 Å². The molecule has 3 aliphatic rings. The van der Waals surface area contributed by atoms with Gasteiger partial charge in [-0.15, -0.1) is 6.58 Å². The predicted molar refractivity (Wildman–Crippen MR) is 263 cm³/mol. The molecule has 0 saturated heterocycles. The third-order valence-electron chi connectivity index (χ3n) is 13.9. The van der Waals surface area contributed by atoms with Crippen LogP contribution in [0, 0.1) is 24.7 Å². The fraction of sp³-hybridized carbons (Fsp3) is 0.589. The number of amides is 1. The van der Waals surface area contributed by atoms with Gasteiger partial charge in [-0.25, -0.2) is 0 Å². The van der Waals surface area contributed by atoms with E-state index in [4.69, 9.17) is 24.2 Å². The zero-order valence-electron chi connectivity index (χ0n) is 40.3. The number of rotatable bonds is 30. The largest absolute Gasteiger partial charge is 0.487 e. The van der Waals surface area contributed by atoms with Crippen molar-refractivity contribution in [2.24, 2.45) is 22.9 Å². The van der Waals surface area contributed by atoms with E-state index in [0.29, 0.717) is 45.4 Å². The highest BCUT2D eigenvalue weighted by molar-refractivity contribution is 6.03. The van der Waals surface area contributed by atoms with Crippen LogP contribution in [-0.2, 0) is 27.6 Å². The van der Waals surface area contributed by atoms with Crippen molar-refractivity contribution in [1.29, 1.82) is 0 Å². The number of fused-ring (bicyclic) bond motifs is 2. The highest BCUT2D eigenvalue weighted by Gasteiger charge is 2.65. The zero-order valence-corrected chi connectivity index (χ0v) is 40.3. The number of ether oxygens (including phenoxy) is 3. The average Bonchev–Trinajstić information content (AvgIpc) is 3.33. The van der Waals surface area contributed by atoms with Crippen molar-refractivity contribution in [2.45, 2.75) is 167 Å². The SMILES string of the molecule is C=CCO[C@@]12Oc3ccc(OCc4cccc(C)n4)cc3[C@H]3[C@H](CCCCO)[C@@H](CCCCO)C=C(C(=NOCc4ccccc4)C[C@@H]1N(CCC)C(=O)CCCCCCCCCCC)[C@H]32. The Balaban J connectivity index is 1.45. The van der Waals surface area contributed by atoms with Crippen LogP contribution in [0.25, 0.3) is 0 Å². The minimum absolute atomic E-state index is 0.111. The van der Waals surface area contributed by atoms with Gasteiger partial charge in [0, 0.05) is 49.8 Å². The highest BCUT2D eigenvalue weighted by Crippen LogP contribution is 2.62. The minimum atomic E-state index is -1.28. The molecule has 3 aromatic rings. The summed E-state index contributed by atoms with van der Waals surface area (Å²) in [6.45, 7) is 12.1. The van der Waals surface area contributed by atoms with E-state index in [0.717, 1.165) is 96.7 Å². The van der Waals surface area contributed by atoms with Gasteiger partial charge in [-0.05, 0) is 98.8 Å². The number of carbonyl (C=O) groups excluding carboxylic acids is 1. The molecular weight excluding hydrogens is 827 g/mol. The first-order valence-electron chi connectivity index (χ1n) is 25.5. The number of aliphatic hydroxyl groups excluding tert-OH is 2. The Hall–Kier alpha value is -4.51. The van der Waals surface area contributed by atoms with Crippen LogP contribution in [0.15, 0.2) is 96.2 Å². The van der Waals surface area contributed by atoms with Crippen molar-refractivity contribution in [3.63, 3.8) is 0 Å². The van der Waals surface area contributed by atoms with Gasteiger partial charge in [0.2, 0.25) is 11.7 Å². The lowest BCUT2D eigenvalue weighted by Crippen LogP contribution is -2.70.